The van der Waals surface area contributed by atoms with E-state index in [1.165, 1.54) is 28.9 Å². The number of benzene rings is 1. The van der Waals surface area contributed by atoms with Crippen molar-refractivity contribution < 1.29 is 29.3 Å². The van der Waals surface area contributed by atoms with Gasteiger partial charge >= 0.3 is 18.0 Å². The molecule has 9 atom stereocenters. The quantitative estimate of drug-likeness (QED) is 0.218. The molecule has 2 amide bonds. The molecule has 3 N–H and O–H groups in total. The molecule has 5 aliphatic carbocycles. The van der Waals surface area contributed by atoms with Gasteiger partial charge in [-0.15, -0.1) is 0 Å². The first-order valence-electron chi connectivity index (χ1n) is 20.8. The molecule has 1 aliphatic heterocycles. The lowest BCUT2D eigenvalue weighted by atomic mass is 9.33. The zero-order valence-corrected chi connectivity index (χ0v) is 33.7. The van der Waals surface area contributed by atoms with Crippen LogP contribution in [0.4, 0.5) is 4.79 Å². The molecule has 1 saturated heterocycles. The van der Waals surface area contributed by atoms with E-state index in [1.807, 2.05) is 12.1 Å². The fourth-order valence-corrected chi connectivity index (χ4v) is 14.1. The van der Waals surface area contributed by atoms with Gasteiger partial charge in [-0.3, -0.25) is 9.69 Å². The molecule has 1 heterocycles. The minimum absolute atomic E-state index is 0.0527. The Labute approximate surface area is 323 Å². The fourth-order valence-electron chi connectivity index (χ4n) is 14.1. The third-order valence-corrected chi connectivity index (χ3v) is 16.8. The lowest BCUT2D eigenvalue weighted by molar-refractivity contribution is -0.218. The highest BCUT2D eigenvalue weighted by atomic mass is 16.5. The van der Waals surface area contributed by atoms with Gasteiger partial charge in [0.05, 0.1) is 18.8 Å². The SMILES string of the molecule is C=C(C)[C@@H]1CC[C@]2(NC(=O)N(CCN3CCOCC3)CC(=O)O)CC[C@]3(C)[C@H](CC[C@@H]4[C@@]5(C)CC=C(c6ccc(C(=O)O)cc6)C(C)(C)[C@@H]5CC[C@]43C)[C@@H]12. The number of aromatic carboxylic acids is 1. The van der Waals surface area contributed by atoms with Gasteiger partial charge in [0.2, 0.25) is 0 Å². The summed E-state index contributed by atoms with van der Waals surface area (Å²) in [6, 6.07) is 7.24. The number of ether oxygens (including phenoxy) is 1. The smallest absolute Gasteiger partial charge is 0.335 e. The number of carbonyl (C=O) groups is 3. The summed E-state index contributed by atoms with van der Waals surface area (Å²) in [6.45, 7) is 23.0. The highest BCUT2D eigenvalue weighted by Gasteiger charge is 2.70. The topological polar surface area (TPSA) is 119 Å². The lowest BCUT2D eigenvalue weighted by Crippen LogP contribution is -2.69. The van der Waals surface area contributed by atoms with Crippen LogP contribution in [0.5, 0.6) is 0 Å². The molecule has 0 unspecified atom stereocenters. The molecule has 7 rings (SSSR count). The predicted molar refractivity (Wildman–Crippen MR) is 211 cm³/mol. The molecular weight excluding hydrogens is 679 g/mol. The number of rotatable bonds is 9. The van der Waals surface area contributed by atoms with Crippen LogP contribution in [0.2, 0.25) is 0 Å². The van der Waals surface area contributed by atoms with E-state index in [-0.39, 0.29) is 45.7 Å². The summed E-state index contributed by atoms with van der Waals surface area (Å²) in [4.78, 5) is 41.6. The van der Waals surface area contributed by atoms with Crippen LogP contribution < -0.4 is 5.32 Å². The molecule has 9 heteroatoms. The van der Waals surface area contributed by atoms with E-state index < -0.39 is 11.9 Å². The molecule has 1 aromatic carbocycles. The number of carboxylic acid groups (broad SMARTS) is 2. The average molecular weight is 744 g/mol. The normalized spacial score (nSPS) is 38.5. The van der Waals surface area contributed by atoms with E-state index in [0.29, 0.717) is 55.5 Å². The highest BCUT2D eigenvalue weighted by molar-refractivity contribution is 5.88. The van der Waals surface area contributed by atoms with Gasteiger partial charge in [-0.05, 0) is 139 Å². The van der Waals surface area contributed by atoms with E-state index in [4.69, 9.17) is 4.74 Å². The van der Waals surface area contributed by atoms with Crippen LogP contribution >= 0.6 is 0 Å². The number of carboxylic acids is 2. The van der Waals surface area contributed by atoms with Crippen molar-refractivity contribution in [2.75, 3.05) is 45.9 Å². The molecular formula is C45H65N3O6. The number of urea groups is 1. The van der Waals surface area contributed by atoms with Crippen molar-refractivity contribution in [3.8, 4) is 0 Å². The molecule has 9 nitrogen and oxygen atoms in total. The number of nitrogens with one attached hydrogen (secondary N) is 1. The second-order valence-electron chi connectivity index (χ2n) is 19.5. The summed E-state index contributed by atoms with van der Waals surface area (Å²) < 4.78 is 5.50. The van der Waals surface area contributed by atoms with Crippen molar-refractivity contribution in [3.05, 3.63) is 53.6 Å². The minimum atomic E-state index is -0.983. The van der Waals surface area contributed by atoms with Gasteiger partial charge < -0.3 is 25.2 Å². The number of morpholine rings is 1. The fraction of sp³-hybridized carbons (Fsp3) is 0.711. The molecule has 296 valence electrons. The molecule has 5 fully saturated rings. The summed E-state index contributed by atoms with van der Waals surface area (Å²) in [6.07, 6.45) is 12.0. The van der Waals surface area contributed by atoms with E-state index in [0.717, 1.165) is 63.6 Å². The van der Waals surface area contributed by atoms with Crippen LogP contribution in [0.3, 0.4) is 0 Å². The van der Waals surface area contributed by atoms with Gasteiger partial charge in [-0.2, -0.15) is 0 Å². The van der Waals surface area contributed by atoms with Crippen molar-refractivity contribution in [2.24, 2.45) is 51.2 Å². The van der Waals surface area contributed by atoms with Gasteiger partial charge in [-0.1, -0.05) is 65.0 Å². The second kappa shape index (κ2) is 14.1. The number of allylic oxidation sites excluding steroid dienone is 3. The summed E-state index contributed by atoms with van der Waals surface area (Å²) in [7, 11) is 0. The molecule has 54 heavy (non-hydrogen) atoms. The first-order valence-corrected chi connectivity index (χ1v) is 20.8. The van der Waals surface area contributed by atoms with Crippen molar-refractivity contribution in [1.82, 2.24) is 15.1 Å². The van der Waals surface area contributed by atoms with Gasteiger partial charge in [0.25, 0.3) is 0 Å². The largest absolute Gasteiger partial charge is 0.480 e. The predicted octanol–water partition coefficient (Wildman–Crippen LogP) is 8.22. The zero-order valence-electron chi connectivity index (χ0n) is 33.7. The number of nitrogens with zero attached hydrogens (tertiary/aromatic N) is 2. The van der Waals surface area contributed by atoms with Crippen LogP contribution in [0.15, 0.2) is 42.5 Å². The summed E-state index contributed by atoms with van der Waals surface area (Å²) in [5.74, 6) is 0.240. The van der Waals surface area contributed by atoms with Gasteiger partial charge in [0.1, 0.15) is 6.54 Å². The maximum Gasteiger partial charge on any atom is 0.335 e. The lowest BCUT2D eigenvalue weighted by Gasteiger charge is -2.72. The molecule has 1 aromatic rings. The average Bonchev–Trinajstić information content (AvgIpc) is 3.50. The van der Waals surface area contributed by atoms with E-state index in [1.54, 1.807) is 12.1 Å². The van der Waals surface area contributed by atoms with Crippen molar-refractivity contribution >= 4 is 23.5 Å². The summed E-state index contributed by atoms with van der Waals surface area (Å²) >= 11 is 0. The van der Waals surface area contributed by atoms with Crippen molar-refractivity contribution in [2.45, 2.75) is 105 Å². The molecule has 0 aromatic heterocycles. The number of hydrogen-bond acceptors (Lipinski definition) is 5. The zero-order chi connectivity index (χ0) is 38.8. The second-order valence-corrected chi connectivity index (χ2v) is 19.5. The Morgan fingerprint density at radius 2 is 1.61 bits per heavy atom. The molecule has 0 radical (unpaired) electrons. The monoisotopic (exact) mass is 743 g/mol. The van der Waals surface area contributed by atoms with Crippen molar-refractivity contribution in [3.63, 3.8) is 0 Å². The van der Waals surface area contributed by atoms with E-state index >= 15 is 0 Å². The van der Waals surface area contributed by atoms with Gasteiger partial charge in [0, 0.05) is 31.7 Å². The summed E-state index contributed by atoms with van der Waals surface area (Å²) in [5.41, 5.74) is 3.97. The van der Waals surface area contributed by atoms with Crippen LogP contribution in [0.1, 0.15) is 115 Å². The Kier molecular flexibility index (Phi) is 10.2. The number of fused-ring (bicyclic) bond motifs is 7. The van der Waals surface area contributed by atoms with Crippen LogP contribution in [0.25, 0.3) is 5.57 Å². The van der Waals surface area contributed by atoms with Crippen LogP contribution in [-0.4, -0.2) is 89.5 Å². The third kappa shape index (κ3) is 6.24. The maximum absolute atomic E-state index is 14.3. The first kappa shape index (κ1) is 39.1. The number of amides is 2. The Morgan fingerprint density at radius 3 is 2.26 bits per heavy atom. The third-order valence-electron chi connectivity index (χ3n) is 16.8. The van der Waals surface area contributed by atoms with Gasteiger partial charge in [-0.25, -0.2) is 9.59 Å². The standard InChI is InChI=1S/C45H65N3O6/c1-29(2)32-14-19-45(46-40(53)48(28-37(49)50)23-22-47-24-26-54-27-25-47)21-20-43(6)34(38(32)45)12-13-36-42(5)17-15-33(30-8-10-31(11-9-30)39(51)52)41(3,4)35(42)16-18-44(36,43)7/h8-11,15,32,34-36,38H,1,12-14,16-28H2,2-7H3,(H,46,53)(H,49,50)(H,51,52)/t32-,34+,35-,36+,38+,42-,43+,44+,45-/m0/s1. The number of hydrogen-bond donors (Lipinski definition) is 3. The summed E-state index contributed by atoms with van der Waals surface area (Å²) in [5, 5.41) is 23.0. The molecule has 4 saturated carbocycles. The van der Waals surface area contributed by atoms with Crippen LogP contribution in [-0.2, 0) is 9.53 Å². The number of aliphatic carboxylic acids is 1. The molecule has 6 aliphatic rings. The Hall–Kier alpha value is -3.17. The number of carbonyl (C=O) groups excluding carboxylic acids is 1. The highest BCUT2D eigenvalue weighted by Crippen LogP contribution is 2.76. The van der Waals surface area contributed by atoms with Crippen LogP contribution in [0, 0.1) is 51.2 Å². The van der Waals surface area contributed by atoms with Crippen molar-refractivity contribution in [1.29, 1.82) is 0 Å². The van der Waals surface area contributed by atoms with E-state index in [2.05, 4.69) is 64.4 Å². The molecule has 0 bridgehead atoms. The van der Waals surface area contributed by atoms with Gasteiger partial charge in [0.15, 0.2) is 0 Å². The first-order chi connectivity index (χ1) is 25.5. The minimum Gasteiger partial charge on any atom is -0.480 e. The molecule has 0 spiro atoms. The Balaban J connectivity index is 1.16. The Morgan fingerprint density at radius 1 is 0.907 bits per heavy atom. The van der Waals surface area contributed by atoms with E-state index in [9.17, 15) is 24.6 Å². The Bertz CT molecular complexity index is 1680. The maximum atomic E-state index is 14.3.